The maximum atomic E-state index is 6.68. The Hall–Kier alpha value is -4.18. The first-order valence-electron chi connectivity index (χ1n) is 10.4. The summed E-state index contributed by atoms with van der Waals surface area (Å²) in [7, 11) is 0. The SMILES string of the molecule is c1ccc2c(c1)cc1c3c2ccc[n+]3C2(O1)Oc1cc3ccccc3c3ccc[n+]2c13. The maximum Gasteiger partial charge on any atom is 0.715 e. The molecule has 0 aliphatic carbocycles. The van der Waals surface area contributed by atoms with Crippen LogP contribution in [-0.2, 0) is 6.03 Å². The van der Waals surface area contributed by atoms with Crippen molar-refractivity contribution in [3.05, 3.63) is 97.3 Å². The van der Waals surface area contributed by atoms with Crippen LogP contribution in [-0.4, -0.2) is 0 Å². The quantitative estimate of drug-likeness (QED) is 0.271. The van der Waals surface area contributed by atoms with Gasteiger partial charge in [0.25, 0.3) is 11.0 Å². The molecule has 2 aliphatic heterocycles. The second kappa shape index (κ2) is 5.10. The van der Waals surface area contributed by atoms with Crippen LogP contribution < -0.4 is 18.6 Å². The summed E-state index contributed by atoms with van der Waals surface area (Å²) in [6, 6.07) is 28.4. The van der Waals surface area contributed by atoms with Crippen LogP contribution in [0.4, 0.5) is 0 Å². The Labute approximate surface area is 177 Å². The van der Waals surface area contributed by atoms with Gasteiger partial charge < -0.3 is 9.47 Å². The molecule has 1 spiro atoms. The van der Waals surface area contributed by atoms with Crippen molar-refractivity contribution >= 4 is 43.4 Å². The number of benzene rings is 4. The Morgan fingerprint density at radius 3 is 1.48 bits per heavy atom. The van der Waals surface area contributed by atoms with Gasteiger partial charge in [0.15, 0.2) is 12.4 Å². The van der Waals surface area contributed by atoms with E-state index in [1.165, 1.54) is 10.8 Å². The summed E-state index contributed by atoms with van der Waals surface area (Å²) in [4.78, 5) is 0. The second-order valence-corrected chi connectivity index (χ2v) is 8.23. The molecule has 0 N–H and O–H groups in total. The molecule has 4 aromatic carbocycles. The molecule has 6 aromatic rings. The molecule has 0 fully saturated rings. The second-order valence-electron chi connectivity index (χ2n) is 8.23. The van der Waals surface area contributed by atoms with Gasteiger partial charge in [0.1, 0.15) is 0 Å². The van der Waals surface area contributed by atoms with Gasteiger partial charge in [0.2, 0.25) is 11.5 Å². The highest BCUT2D eigenvalue weighted by molar-refractivity contribution is 6.09. The Morgan fingerprint density at radius 2 is 0.968 bits per heavy atom. The summed E-state index contributed by atoms with van der Waals surface area (Å²) >= 11 is 0. The predicted molar refractivity (Wildman–Crippen MR) is 118 cm³/mol. The van der Waals surface area contributed by atoms with Crippen LogP contribution in [0.1, 0.15) is 0 Å². The fraction of sp³-hybridized carbons (Fsp3) is 0.0370. The third kappa shape index (κ3) is 1.74. The van der Waals surface area contributed by atoms with Gasteiger partial charge in [-0.05, 0) is 54.9 Å². The molecule has 0 bridgehead atoms. The number of pyridine rings is 2. The van der Waals surface area contributed by atoms with E-state index < -0.39 is 6.03 Å². The molecule has 31 heavy (non-hydrogen) atoms. The van der Waals surface area contributed by atoms with Crippen molar-refractivity contribution in [1.29, 1.82) is 0 Å². The maximum absolute atomic E-state index is 6.68. The number of hydrogen-bond acceptors (Lipinski definition) is 2. The van der Waals surface area contributed by atoms with Crippen LogP contribution in [0.2, 0.25) is 0 Å². The van der Waals surface area contributed by atoms with Crippen LogP contribution in [0.3, 0.4) is 0 Å². The fourth-order valence-electron chi connectivity index (χ4n) is 5.36. The molecule has 2 aromatic heterocycles. The number of nitrogens with zero attached hydrogens (tertiary/aromatic N) is 2. The molecule has 4 heteroatoms. The molecule has 2 aliphatic rings. The smallest absolute Gasteiger partial charge is 0.333 e. The van der Waals surface area contributed by atoms with Crippen LogP contribution in [0.25, 0.3) is 43.4 Å². The van der Waals surface area contributed by atoms with Gasteiger partial charge in [-0.25, -0.2) is 0 Å². The van der Waals surface area contributed by atoms with Crippen molar-refractivity contribution < 1.29 is 18.6 Å². The standard InChI is InChI=1S/C27H16N2O2/c1-3-9-19-17(7-1)15-23-25-21(19)11-5-13-28(25)27(30-23)29-14-6-12-22-20-10-4-2-8-18(20)16-24(31-27)26(22)29/h1-16H/q+2. The molecule has 4 heterocycles. The van der Waals surface area contributed by atoms with E-state index in [1.807, 2.05) is 12.4 Å². The van der Waals surface area contributed by atoms with Gasteiger partial charge in [-0.3, -0.25) is 0 Å². The van der Waals surface area contributed by atoms with E-state index in [4.69, 9.17) is 9.47 Å². The molecule has 0 unspecified atom stereocenters. The van der Waals surface area contributed by atoms with E-state index in [2.05, 4.69) is 94.1 Å². The zero-order valence-electron chi connectivity index (χ0n) is 16.4. The molecule has 144 valence electrons. The minimum atomic E-state index is -1.11. The van der Waals surface area contributed by atoms with E-state index in [-0.39, 0.29) is 0 Å². The third-order valence-corrected chi connectivity index (χ3v) is 6.62. The Kier molecular flexibility index (Phi) is 2.57. The number of aromatic nitrogens is 2. The number of hydrogen-bond donors (Lipinski definition) is 0. The number of ether oxygens (including phenoxy) is 2. The molecule has 0 saturated heterocycles. The predicted octanol–water partition coefficient (Wildman–Crippen LogP) is 4.78. The first-order valence-corrected chi connectivity index (χ1v) is 10.4. The molecule has 4 nitrogen and oxygen atoms in total. The topological polar surface area (TPSA) is 26.2 Å². The minimum Gasteiger partial charge on any atom is -0.333 e. The van der Waals surface area contributed by atoms with Crippen LogP contribution >= 0.6 is 0 Å². The Balaban J connectivity index is 1.51. The number of rotatable bonds is 0. The Morgan fingerprint density at radius 1 is 0.516 bits per heavy atom. The van der Waals surface area contributed by atoms with Crippen molar-refractivity contribution in [3.8, 4) is 11.5 Å². The van der Waals surface area contributed by atoms with E-state index in [9.17, 15) is 0 Å². The normalized spacial score (nSPS) is 15.2. The Bertz CT molecular complexity index is 1630. The average molecular weight is 400 g/mol. The van der Waals surface area contributed by atoms with E-state index in [0.29, 0.717) is 0 Å². The van der Waals surface area contributed by atoms with Crippen molar-refractivity contribution in [2.24, 2.45) is 0 Å². The first-order chi connectivity index (χ1) is 15.3. The van der Waals surface area contributed by atoms with Gasteiger partial charge in [-0.15, -0.1) is 0 Å². The highest BCUT2D eigenvalue weighted by atomic mass is 16.8. The molecule has 0 radical (unpaired) electrons. The van der Waals surface area contributed by atoms with E-state index in [0.717, 1.165) is 44.1 Å². The van der Waals surface area contributed by atoms with Crippen LogP contribution in [0.5, 0.6) is 11.5 Å². The van der Waals surface area contributed by atoms with Gasteiger partial charge in [0.05, 0.1) is 10.8 Å². The number of fused-ring (bicyclic) bond motifs is 6. The van der Waals surface area contributed by atoms with Gasteiger partial charge in [0, 0.05) is 12.1 Å². The van der Waals surface area contributed by atoms with Crippen LogP contribution in [0.15, 0.2) is 97.3 Å². The highest BCUT2D eigenvalue weighted by Gasteiger charge is 2.68. The monoisotopic (exact) mass is 400 g/mol. The highest BCUT2D eigenvalue weighted by Crippen LogP contribution is 2.43. The molecular formula is C27H16N2O2+2. The molecule has 0 amide bonds. The first kappa shape index (κ1) is 15.6. The molecular weight excluding hydrogens is 384 g/mol. The van der Waals surface area contributed by atoms with Gasteiger partial charge >= 0.3 is 6.03 Å². The summed E-state index contributed by atoms with van der Waals surface area (Å²) in [5.41, 5.74) is 2.09. The summed E-state index contributed by atoms with van der Waals surface area (Å²) < 4.78 is 17.6. The van der Waals surface area contributed by atoms with Gasteiger partial charge in [-0.2, -0.15) is 0 Å². The lowest BCUT2D eigenvalue weighted by atomic mass is 10.0. The minimum absolute atomic E-state index is 0.830. The average Bonchev–Trinajstić information content (AvgIpc) is 3.31. The lowest BCUT2D eigenvalue weighted by Crippen LogP contribution is -2.75. The fourth-order valence-corrected chi connectivity index (χ4v) is 5.36. The summed E-state index contributed by atoms with van der Waals surface area (Å²) in [6.45, 7) is 0. The van der Waals surface area contributed by atoms with Gasteiger partial charge in [-0.1, -0.05) is 48.5 Å². The van der Waals surface area contributed by atoms with Crippen molar-refractivity contribution in [2.75, 3.05) is 0 Å². The largest absolute Gasteiger partial charge is 0.715 e. The molecule has 0 saturated carbocycles. The lowest BCUT2D eigenvalue weighted by Gasteiger charge is -2.10. The van der Waals surface area contributed by atoms with Crippen molar-refractivity contribution in [3.63, 3.8) is 0 Å². The van der Waals surface area contributed by atoms with E-state index >= 15 is 0 Å². The molecule has 0 atom stereocenters. The lowest BCUT2D eigenvalue weighted by molar-refractivity contribution is -1.03. The molecule has 8 rings (SSSR count). The summed E-state index contributed by atoms with van der Waals surface area (Å²) in [5, 5.41) is 7.05. The van der Waals surface area contributed by atoms with E-state index in [1.54, 1.807) is 0 Å². The zero-order valence-corrected chi connectivity index (χ0v) is 16.4. The summed E-state index contributed by atoms with van der Waals surface area (Å²) in [6.07, 6.45) is 4.09. The summed E-state index contributed by atoms with van der Waals surface area (Å²) in [5.74, 6) is 1.66. The zero-order chi connectivity index (χ0) is 20.2. The van der Waals surface area contributed by atoms with Crippen LogP contribution in [0, 0.1) is 0 Å². The van der Waals surface area contributed by atoms with Crippen molar-refractivity contribution in [1.82, 2.24) is 0 Å². The third-order valence-electron chi connectivity index (χ3n) is 6.62. The van der Waals surface area contributed by atoms with Crippen molar-refractivity contribution in [2.45, 2.75) is 6.03 Å².